The first-order valence-corrected chi connectivity index (χ1v) is 5.71. The molecular formula is C12H12F2N2O5. The van der Waals surface area contributed by atoms with E-state index in [2.05, 4.69) is 0 Å². The Morgan fingerprint density at radius 3 is 2.43 bits per heavy atom. The maximum absolute atomic E-state index is 13.5. The second kappa shape index (κ2) is 5.81. The zero-order valence-corrected chi connectivity index (χ0v) is 11.1. The zero-order valence-electron chi connectivity index (χ0n) is 11.1. The Morgan fingerprint density at radius 1 is 1.38 bits per heavy atom. The lowest BCUT2D eigenvalue weighted by molar-refractivity contribution is -0.384. The Balaban J connectivity index is 3.06. The minimum Gasteiger partial charge on any atom is -0.481 e. The van der Waals surface area contributed by atoms with Crippen LogP contribution in [-0.2, 0) is 9.59 Å². The highest BCUT2D eigenvalue weighted by Gasteiger charge is 2.31. The second-order valence-corrected chi connectivity index (χ2v) is 4.95. The summed E-state index contributed by atoms with van der Waals surface area (Å²) in [6.45, 7) is 2.54. The van der Waals surface area contributed by atoms with Crippen LogP contribution in [0.5, 0.6) is 0 Å². The highest BCUT2D eigenvalue weighted by atomic mass is 19.1. The quantitative estimate of drug-likeness (QED) is 0.640. The van der Waals surface area contributed by atoms with Gasteiger partial charge in [0.1, 0.15) is 5.82 Å². The molecule has 9 heteroatoms. The van der Waals surface area contributed by atoms with Crippen LogP contribution in [0.1, 0.15) is 20.3 Å². The van der Waals surface area contributed by atoms with E-state index >= 15 is 0 Å². The van der Waals surface area contributed by atoms with Gasteiger partial charge in [0.2, 0.25) is 5.91 Å². The van der Waals surface area contributed by atoms with E-state index in [1.807, 2.05) is 5.32 Å². The third-order valence-electron chi connectivity index (χ3n) is 2.68. The van der Waals surface area contributed by atoms with E-state index in [1.54, 1.807) is 0 Å². The van der Waals surface area contributed by atoms with Gasteiger partial charge in [-0.1, -0.05) is 0 Å². The van der Waals surface area contributed by atoms with E-state index in [-0.39, 0.29) is 0 Å². The van der Waals surface area contributed by atoms with Crippen molar-refractivity contribution in [2.75, 3.05) is 5.32 Å². The predicted molar refractivity (Wildman–Crippen MR) is 67.7 cm³/mol. The van der Waals surface area contributed by atoms with Gasteiger partial charge in [0, 0.05) is 12.5 Å². The Labute approximate surface area is 117 Å². The van der Waals surface area contributed by atoms with Gasteiger partial charge in [0.05, 0.1) is 16.4 Å². The number of carbonyl (C=O) groups is 2. The molecule has 0 heterocycles. The van der Waals surface area contributed by atoms with Crippen LogP contribution in [0, 0.1) is 27.2 Å². The molecule has 0 saturated heterocycles. The smallest absolute Gasteiger partial charge is 0.309 e. The highest BCUT2D eigenvalue weighted by molar-refractivity contribution is 5.95. The number of aliphatic carboxylic acids is 1. The van der Waals surface area contributed by atoms with E-state index in [0.29, 0.717) is 12.1 Å². The molecular weight excluding hydrogens is 290 g/mol. The molecule has 0 atom stereocenters. The minimum atomic E-state index is -1.44. The summed E-state index contributed by atoms with van der Waals surface area (Å²) < 4.78 is 26.5. The van der Waals surface area contributed by atoms with Gasteiger partial charge in [-0.05, 0) is 13.8 Å². The van der Waals surface area contributed by atoms with Crippen LogP contribution in [0.4, 0.5) is 20.2 Å². The largest absolute Gasteiger partial charge is 0.481 e. The molecule has 0 unspecified atom stereocenters. The number of benzene rings is 1. The molecule has 1 rings (SSSR count). The summed E-state index contributed by atoms with van der Waals surface area (Å²) in [5, 5.41) is 21.5. The number of nitrogens with one attached hydrogen (secondary N) is 1. The van der Waals surface area contributed by atoms with Crippen molar-refractivity contribution >= 4 is 23.3 Å². The van der Waals surface area contributed by atoms with Crippen molar-refractivity contribution in [3.63, 3.8) is 0 Å². The van der Waals surface area contributed by atoms with Crippen LogP contribution < -0.4 is 5.32 Å². The van der Waals surface area contributed by atoms with Crippen LogP contribution in [0.2, 0.25) is 0 Å². The summed E-state index contributed by atoms with van der Waals surface area (Å²) in [4.78, 5) is 32.2. The number of amides is 1. The third-order valence-corrected chi connectivity index (χ3v) is 2.68. The van der Waals surface area contributed by atoms with E-state index < -0.39 is 51.6 Å². The van der Waals surface area contributed by atoms with Crippen molar-refractivity contribution in [3.05, 3.63) is 33.9 Å². The topological polar surface area (TPSA) is 110 Å². The van der Waals surface area contributed by atoms with Gasteiger partial charge in [-0.3, -0.25) is 19.7 Å². The van der Waals surface area contributed by atoms with Gasteiger partial charge >= 0.3 is 5.97 Å². The van der Waals surface area contributed by atoms with E-state index in [9.17, 15) is 28.5 Å². The maximum atomic E-state index is 13.5. The summed E-state index contributed by atoms with van der Waals surface area (Å²) in [7, 11) is 0. The Bertz CT molecular complexity index is 616. The van der Waals surface area contributed by atoms with E-state index in [0.717, 1.165) is 0 Å². The van der Waals surface area contributed by atoms with E-state index in [1.165, 1.54) is 13.8 Å². The molecule has 7 nitrogen and oxygen atoms in total. The lowest BCUT2D eigenvalue weighted by Crippen LogP contribution is -2.30. The molecule has 0 spiro atoms. The van der Waals surface area contributed by atoms with Gasteiger partial charge in [-0.2, -0.15) is 0 Å². The summed E-state index contributed by atoms with van der Waals surface area (Å²) in [5.74, 6) is -4.67. The lowest BCUT2D eigenvalue weighted by Gasteiger charge is -2.18. The predicted octanol–water partition coefficient (Wildman–Crippen LogP) is 2.31. The number of halogens is 2. The Morgan fingerprint density at radius 2 is 1.95 bits per heavy atom. The number of nitro benzene ring substituents is 1. The van der Waals surface area contributed by atoms with Gasteiger partial charge < -0.3 is 10.4 Å². The fourth-order valence-corrected chi connectivity index (χ4v) is 1.49. The van der Waals surface area contributed by atoms with Gasteiger partial charge in [0.25, 0.3) is 5.69 Å². The molecule has 1 aromatic carbocycles. The number of hydrogen-bond acceptors (Lipinski definition) is 4. The molecule has 114 valence electrons. The van der Waals surface area contributed by atoms with Crippen LogP contribution in [0.25, 0.3) is 0 Å². The molecule has 0 aliphatic carbocycles. The molecule has 0 fully saturated rings. The third kappa shape index (κ3) is 3.94. The van der Waals surface area contributed by atoms with Crippen molar-refractivity contribution in [3.8, 4) is 0 Å². The minimum absolute atomic E-state index is 0.380. The van der Waals surface area contributed by atoms with Crippen LogP contribution in [0.15, 0.2) is 12.1 Å². The zero-order chi connectivity index (χ0) is 16.4. The molecule has 1 aromatic rings. The maximum Gasteiger partial charge on any atom is 0.309 e. The molecule has 0 radical (unpaired) electrons. The Kier molecular flexibility index (Phi) is 4.56. The fourth-order valence-electron chi connectivity index (χ4n) is 1.49. The molecule has 1 amide bonds. The molecule has 0 aliphatic heterocycles. The average molecular weight is 302 g/mol. The summed E-state index contributed by atoms with van der Waals surface area (Å²) >= 11 is 0. The van der Waals surface area contributed by atoms with Gasteiger partial charge in [-0.15, -0.1) is 0 Å². The summed E-state index contributed by atoms with van der Waals surface area (Å²) in [6.07, 6.45) is -0.531. The number of carboxylic acid groups (broad SMARTS) is 1. The number of nitrogens with zero attached hydrogens (tertiary/aromatic N) is 1. The molecule has 0 bridgehead atoms. The van der Waals surface area contributed by atoms with Crippen LogP contribution >= 0.6 is 0 Å². The number of carboxylic acids is 1. The average Bonchev–Trinajstić information content (AvgIpc) is 2.31. The number of carbonyl (C=O) groups excluding carboxylic acids is 1. The lowest BCUT2D eigenvalue weighted by atomic mass is 9.89. The fraction of sp³-hybridized carbons (Fsp3) is 0.333. The first-order valence-electron chi connectivity index (χ1n) is 5.71. The van der Waals surface area contributed by atoms with Crippen molar-refractivity contribution < 1.29 is 28.4 Å². The molecule has 0 saturated carbocycles. The van der Waals surface area contributed by atoms with Crippen molar-refractivity contribution in [2.45, 2.75) is 20.3 Å². The van der Waals surface area contributed by atoms with Crippen LogP contribution in [-0.4, -0.2) is 21.9 Å². The Hall–Kier alpha value is -2.58. The SMILES string of the molecule is CC(C)(CC(=O)Nc1c(F)cc(F)cc1[N+](=O)[O-])C(=O)O. The van der Waals surface area contributed by atoms with E-state index in [4.69, 9.17) is 5.11 Å². The van der Waals surface area contributed by atoms with Gasteiger partial charge in [0.15, 0.2) is 11.5 Å². The molecule has 2 N–H and O–H groups in total. The number of hydrogen-bond donors (Lipinski definition) is 2. The number of anilines is 1. The first kappa shape index (κ1) is 16.5. The summed E-state index contributed by atoms with van der Waals surface area (Å²) in [5.41, 5.74) is -3.18. The molecule has 21 heavy (non-hydrogen) atoms. The van der Waals surface area contributed by atoms with Crippen molar-refractivity contribution in [2.24, 2.45) is 5.41 Å². The van der Waals surface area contributed by atoms with Crippen molar-refractivity contribution in [1.29, 1.82) is 0 Å². The highest BCUT2D eigenvalue weighted by Crippen LogP contribution is 2.30. The monoisotopic (exact) mass is 302 g/mol. The number of nitro groups is 1. The normalized spacial score (nSPS) is 11.0. The summed E-state index contributed by atoms with van der Waals surface area (Å²) in [6, 6.07) is 0.839. The second-order valence-electron chi connectivity index (χ2n) is 4.95. The standard InChI is InChI=1S/C12H12F2N2O5/c1-12(2,11(18)19)5-9(17)15-10-7(14)3-6(13)4-8(10)16(20)21/h3-4H,5H2,1-2H3,(H,15,17)(H,18,19). The van der Waals surface area contributed by atoms with Gasteiger partial charge in [-0.25, -0.2) is 8.78 Å². The molecule has 0 aromatic heterocycles. The number of rotatable bonds is 5. The molecule has 0 aliphatic rings. The van der Waals surface area contributed by atoms with Crippen molar-refractivity contribution in [1.82, 2.24) is 0 Å². The first-order chi connectivity index (χ1) is 9.54. The van der Waals surface area contributed by atoms with Crippen LogP contribution in [0.3, 0.4) is 0 Å².